The van der Waals surface area contributed by atoms with Gasteiger partial charge in [0.2, 0.25) is 0 Å². The van der Waals surface area contributed by atoms with Crippen molar-refractivity contribution in [2.24, 2.45) is 0 Å². The molecule has 2 rings (SSSR count). The fraction of sp³-hybridized carbons (Fsp3) is 0.500. The van der Waals surface area contributed by atoms with Gasteiger partial charge >= 0.3 is 0 Å². The Labute approximate surface area is 119 Å². The number of nitrogens with one attached hydrogen (secondary N) is 1. The van der Waals surface area contributed by atoms with E-state index in [0.717, 1.165) is 30.3 Å². The number of para-hydroxylation sites is 2. The summed E-state index contributed by atoms with van der Waals surface area (Å²) in [6, 6.07) is 7.51. The molecule has 0 fully saturated rings. The number of hydrogen-bond donors (Lipinski definition) is 2. The number of nitrogens with zero attached hydrogens (tertiary/aromatic N) is 1. The van der Waals surface area contributed by atoms with E-state index >= 15 is 0 Å². The minimum Gasteiger partial charge on any atom is -0.396 e. The highest BCUT2D eigenvalue weighted by Crippen LogP contribution is 2.13. The van der Waals surface area contributed by atoms with E-state index in [4.69, 9.17) is 5.11 Å². The molecule has 0 amide bonds. The standard InChI is InChI=1S/C14H20N2O3S/c17-9-5-1-2-6-10-20(18,19)11-14-15-12-7-3-4-8-13(12)16-14/h3-4,7-8,17H,1-2,5-6,9-11H2,(H,15,16). The molecule has 0 aliphatic rings. The Morgan fingerprint density at radius 1 is 1.10 bits per heavy atom. The first-order valence-electron chi connectivity index (χ1n) is 6.86. The van der Waals surface area contributed by atoms with E-state index in [1.165, 1.54) is 0 Å². The van der Waals surface area contributed by atoms with Gasteiger partial charge in [0.25, 0.3) is 0 Å². The average molecular weight is 296 g/mol. The Hall–Kier alpha value is -1.40. The van der Waals surface area contributed by atoms with Crippen molar-refractivity contribution in [3.05, 3.63) is 30.1 Å². The van der Waals surface area contributed by atoms with Gasteiger partial charge in [-0.15, -0.1) is 0 Å². The van der Waals surface area contributed by atoms with Crippen LogP contribution < -0.4 is 0 Å². The Balaban J connectivity index is 1.90. The van der Waals surface area contributed by atoms with Gasteiger partial charge in [-0.2, -0.15) is 0 Å². The van der Waals surface area contributed by atoms with Crippen LogP contribution in [0.15, 0.2) is 24.3 Å². The number of benzene rings is 1. The molecule has 0 aliphatic carbocycles. The summed E-state index contributed by atoms with van der Waals surface area (Å²) in [5, 5.41) is 8.66. The van der Waals surface area contributed by atoms with Gasteiger partial charge in [0.1, 0.15) is 11.6 Å². The lowest BCUT2D eigenvalue weighted by molar-refractivity contribution is 0.283. The molecule has 0 radical (unpaired) electrons. The molecule has 2 aromatic rings. The Bertz CT molecular complexity index is 616. The number of aromatic nitrogens is 2. The normalized spacial score (nSPS) is 12.1. The largest absolute Gasteiger partial charge is 0.396 e. The summed E-state index contributed by atoms with van der Waals surface area (Å²) in [5.41, 5.74) is 1.65. The smallest absolute Gasteiger partial charge is 0.157 e. The first-order chi connectivity index (χ1) is 9.61. The summed E-state index contributed by atoms with van der Waals surface area (Å²) >= 11 is 0. The summed E-state index contributed by atoms with van der Waals surface area (Å²) in [7, 11) is -3.13. The molecule has 0 unspecified atom stereocenters. The van der Waals surface area contributed by atoms with E-state index in [1.54, 1.807) is 0 Å². The van der Waals surface area contributed by atoms with Gasteiger partial charge in [0, 0.05) is 6.61 Å². The summed E-state index contributed by atoms with van der Waals surface area (Å²) in [5.74, 6) is 0.638. The number of rotatable bonds is 8. The third-order valence-corrected chi connectivity index (χ3v) is 4.78. The number of unbranched alkanes of at least 4 members (excludes halogenated alkanes) is 3. The quantitative estimate of drug-likeness (QED) is 0.730. The van der Waals surface area contributed by atoms with E-state index in [1.807, 2.05) is 24.3 Å². The zero-order valence-corrected chi connectivity index (χ0v) is 12.2. The molecule has 1 aromatic heterocycles. The molecular formula is C14H20N2O3S. The van der Waals surface area contributed by atoms with Crippen LogP contribution in [-0.2, 0) is 15.6 Å². The second kappa shape index (κ2) is 6.85. The molecule has 1 aromatic carbocycles. The van der Waals surface area contributed by atoms with Crippen LogP contribution in [0.5, 0.6) is 0 Å². The number of aliphatic hydroxyl groups excluding tert-OH is 1. The highest BCUT2D eigenvalue weighted by atomic mass is 32.2. The Morgan fingerprint density at radius 2 is 1.85 bits per heavy atom. The van der Waals surface area contributed by atoms with Crippen molar-refractivity contribution >= 4 is 20.9 Å². The molecule has 0 atom stereocenters. The minimum absolute atomic E-state index is 0.0400. The zero-order valence-electron chi connectivity index (χ0n) is 11.4. The van der Waals surface area contributed by atoms with Crippen LogP contribution in [0.1, 0.15) is 31.5 Å². The molecular weight excluding hydrogens is 276 g/mol. The first-order valence-corrected chi connectivity index (χ1v) is 8.68. The van der Waals surface area contributed by atoms with Gasteiger partial charge in [-0.1, -0.05) is 25.0 Å². The predicted molar refractivity (Wildman–Crippen MR) is 79.1 cm³/mol. The summed E-state index contributed by atoms with van der Waals surface area (Å²) in [6.07, 6.45) is 3.09. The van der Waals surface area contributed by atoms with Crippen molar-refractivity contribution < 1.29 is 13.5 Å². The van der Waals surface area contributed by atoms with Crippen molar-refractivity contribution in [1.82, 2.24) is 9.97 Å². The number of hydrogen-bond acceptors (Lipinski definition) is 4. The third-order valence-electron chi connectivity index (χ3n) is 3.16. The number of sulfone groups is 1. The van der Waals surface area contributed by atoms with Crippen LogP contribution in [0.25, 0.3) is 11.0 Å². The van der Waals surface area contributed by atoms with E-state index < -0.39 is 9.84 Å². The summed E-state index contributed by atoms with van der Waals surface area (Å²) < 4.78 is 24.0. The average Bonchev–Trinajstić information content (AvgIpc) is 2.79. The third kappa shape index (κ3) is 4.31. The van der Waals surface area contributed by atoms with Crippen molar-refractivity contribution in [2.75, 3.05) is 12.4 Å². The first kappa shape index (κ1) is 15.0. The molecule has 0 saturated carbocycles. The van der Waals surface area contributed by atoms with Gasteiger partial charge < -0.3 is 10.1 Å². The van der Waals surface area contributed by atoms with Gasteiger partial charge in [0.05, 0.1) is 16.8 Å². The molecule has 1 heterocycles. The molecule has 0 bridgehead atoms. The fourth-order valence-electron chi connectivity index (χ4n) is 2.14. The van der Waals surface area contributed by atoms with Crippen LogP contribution in [0.4, 0.5) is 0 Å². The van der Waals surface area contributed by atoms with E-state index in [0.29, 0.717) is 12.2 Å². The van der Waals surface area contributed by atoms with Crippen molar-refractivity contribution in [2.45, 2.75) is 31.4 Å². The Kier molecular flexibility index (Phi) is 5.14. The molecule has 20 heavy (non-hydrogen) atoms. The molecule has 6 heteroatoms. The summed E-state index contributed by atoms with van der Waals surface area (Å²) in [6.45, 7) is 0.172. The number of aliphatic hydroxyl groups is 1. The van der Waals surface area contributed by atoms with Crippen LogP contribution in [-0.4, -0.2) is 35.9 Å². The highest BCUT2D eigenvalue weighted by Gasteiger charge is 2.14. The van der Waals surface area contributed by atoms with Gasteiger partial charge in [-0.05, 0) is 25.0 Å². The maximum atomic E-state index is 12.0. The van der Waals surface area contributed by atoms with Crippen LogP contribution in [0.3, 0.4) is 0 Å². The highest BCUT2D eigenvalue weighted by molar-refractivity contribution is 7.90. The van der Waals surface area contributed by atoms with Gasteiger partial charge in [-0.3, -0.25) is 0 Å². The zero-order chi connectivity index (χ0) is 14.4. The lowest BCUT2D eigenvalue weighted by Gasteiger charge is -2.02. The number of imidazole rings is 1. The van der Waals surface area contributed by atoms with Gasteiger partial charge in [0.15, 0.2) is 9.84 Å². The molecule has 5 nitrogen and oxygen atoms in total. The lowest BCUT2D eigenvalue weighted by Crippen LogP contribution is -2.10. The Morgan fingerprint density at radius 3 is 2.60 bits per heavy atom. The summed E-state index contributed by atoms with van der Waals surface area (Å²) in [4.78, 5) is 7.33. The molecule has 110 valence electrons. The molecule has 0 aliphatic heterocycles. The van der Waals surface area contributed by atoms with Crippen molar-refractivity contribution in [1.29, 1.82) is 0 Å². The minimum atomic E-state index is -3.13. The van der Waals surface area contributed by atoms with Crippen LogP contribution >= 0.6 is 0 Å². The van der Waals surface area contributed by atoms with E-state index in [2.05, 4.69) is 9.97 Å². The fourth-order valence-corrected chi connectivity index (χ4v) is 3.48. The van der Waals surface area contributed by atoms with Crippen LogP contribution in [0, 0.1) is 0 Å². The second-order valence-corrected chi connectivity index (χ2v) is 7.11. The molecule has 0 spiro atoms. The number of fused-ring (bicyclic) bond motifs is 1. The maximum Gasteiger partial charge on any atom is 0.157 e. The van der Waals surface area contributed by atoms with Crippen molar-refractivity contribution in [3.63, 3.8) is 0 Å². The van der Waals surface area contributed by atoms with Crippen molar-refractivity contribution in [3.8, 4) is 0 Å². The SMILES string of the molecule is O=S(=O)(CCCCCCO)Cc1nc2ccccc2[nH]1. The van der Waals surface area contributed by atoms with Gasteiger partial charge in [-0.25, -0.2) is 13.4 Å². The maximum absolute atomic E-state index is 12.0. The molecule has 2 N–H and O–H groups in total. The topological polar surface area (TPSA) is 83.1 Å². The number of aromatic amines is 1. The number of H-pyrrole nitrogens is 1. The van der Waals surface area contributed by atoms with E-state index in [-0.39, 0.29) is 18.1 Å². The lowest BCUT2D eigenvalue weighted by atomic mass is 10.2. The monoisotopic (exact) mass is 296 g/mol. The second-order valence-electron chi connectivity index (χ2n) is 4.93. The van der Waals surface area contributed by atoms with E-state index in [9.17, 15) is 8.42 Å². The molecule has 0 saturated heterocycles. The predicted octanol–water partition coefficient (Wildman–Crippen LogP) is 2.03. The van der Waals surface area contributed by atoms with Crippen LogP contribution in [0.2, 0.25) is 0 Å².